The van der Waals surface area contributed by atoms with E-state index in [2.05, 4.69) is 0 Å². The molecule has 1 aliphatic rings. The molecule has 0 unspecified atom stereocenters. The van der Waals surface area contributed by atoms with Gasteiger partial charge in [0.25, 0.3) is 5.91 Å². The zero-order chi connectivity index (χ0) is 15.9. The zero-order valence-electron chi connectivity index (χ0n) is 13.0. The highest BCUT2D eigenvalue weighted by Gasteiger charge is 2.27. The van der Waals surface area contributed by atoms with Crippen molar-refractivity contribution in [1.82, 2.24) is 4.90 Å². The Hall–Kier alpha value is -2.04. The van der Waals surface area contributed by atoms with Gasteiger partial charge in [-0.15, -0.1) is 0 Å². The highest BCUT2D eigenvalue weighted by atomic mass is 16.5. The van der Waals surface area contributed by atoms with Crippen LogP contribution in [0.1, 0.15) is 49.4 Å². The molecule has 5 nitrogen and oxygen atoms in total. The Kier molecular flexibility index (Phi) is 5.81. The molecule has 1 N–H and O–H groups in total. The molecule has 1 fully saturated rings. The van der Waals surface area contributed by atoms with Gasteiger partial charge in [0, 0.05) is 24.6 Å². The van der Waals surface area contributed by atoms with E-state index in [4.69, 9.17) is 9.84 Å². The molecule has 120 valence electrons. The quantitative estimate of drug-likeness (QED) is 0.877. The smallest absolute Gasteiger partial charge is 0.303 e. The second-order valence-electron chi connectivity index (χ2n) is 5.54. The first-order valence-electron chi connectivity index (χ1n) is 7.87. The topological polar surface area (TPSA) is 66.8 Å². The number of benzene rings is 1. The molecule has 1 amide bonds. The van der Waals surface area contributed by atoms with Crippen LogP contribution in [0.3, 0.4) is 0 Å². The summed E-state index contributed by atoms with van der Waals surface area (Å²) in [4.78, 5) is 25.3. The summed E-state index contributed by atoms with van der Waals surface area (Å²) >= 11 is 0. The summed E-state index contributed by atoms with van der Waals surface area (Å²) in [7, 11) is 0. The van der Waals surface area contributed by atoms with Crippen molar-refractivity contribution in [3.63, 3.8) is 0 Å². The summed E-state index contributed by atoms with van der Waals surface area (Å²) in [6.07, 6.45) is 3.55. The van der Waals surface area contributed by atoms with Gasteiger partial charge >= 0.3 is 5.97 Å². The van der Waals surface area contributed by atoms with Crippen LogP contribution in [0.25, 0.3) is 0 Å². The number of likely N-dealkylation sites (tertiary alicyclic amines) is 1. The Morgan fingerprint density at radius 3 is 2.64 bits per heavy atom. The molecular weight excluding hydrogens is 282 g/mol. The van der Waals surface area contributed by atoms with Gasteiger partial charge in [0.05, 0.1) is 6.61 Å². The van der Waals surface area contributed by atoms with E-state index in [0.29, 0.717) is 25.1 Å². The van der Waals surface area contributed by atoms with Gasteiger partial charge in [-0.05, 0) is 56.9 Å². The predicted molar refractivity (Wildman–Crippen MR) is 83.2 cm³/mol. The number of carboxylic acids is 1. The number of hydrogen-bond acceptors (Lipinski definition) is 3. The molecule has 1 aliphatic heterocycles. The molecule has 0 spiro atoms. The van der Waals surface area contributed by atoms with Crippen LogP contribution < -0.4 is 4.74 Å². The number of nitrogens with zero attached hydrogens (tertiary/aromatic N) is 1. The van der Waals surface area contributed by atoms with Crippen LogP contribution in [0.15, 0.2) is 24.3 Å². The Balaban J connectivity index is 2.05. The second-order valence-corrected chi connectivity index (χ2v) is 5.54. The number of hydrogen-bond donors (Lipinski definition) is 1. The highest BCUT2D eigenvalue weighted by Crippen LogP contribution is 2.24. The van der Waals surface area contributed by atoms with E-state index in [0.717, 1.165) is 25.0 Å². The number of carbonyl (C=O) groups is 2. The largest absolute Gasteiger partial charge is 0.494 e. The lowest BCUT2D eigenvalue weighted by atomic mass is 9.97. The molecule has 1 saturated heterocycles. The Bertz CT molecular complexity index is 512. The number of piperidine rings is 1. The summed E-state index contributed by atoms with van der Waals surface area (Å²) in [6, 6.07) is 7.18. The Labute approximate surface area is 130 Å². The van der Waals surface area contributed by atoms with Crippen molar-refractivity contribution in [3.05, 3.63) is 29.8 Å². The normalized spacial score (nSPS) is 18.0. The molecule has 0 radical (unpaired) electrons. The van der Waals surface area contributed by atoms with Crippen LogP contribution in [0.5, 0.6) is 5.75 Å². The molecule has 0 aliphatic carbocycles. The van der Waals surface area contributed by atoms with Crippen molar-refractivity contribution in [2.75, 3.05) is 13.2 Å². The summed E-state index contributed by atoms with van der Waals surface area (Å²) in [5.74, 6) is -0.0719. The lowest BCUT2D eigenvalue weighted by Crippen LogP contribution is -2.43. The van der Waals surface area contributed by atoms with Crippen LogP contribution in [0.4, 0.5) is 0 Å². The van der Waals surface area contributed by atoms with Gasteiger partial charge in [-0.25, -0.2) is 0 Å². The van der Waals surface area contributed by atoms with Gasteiger partial charge in [0.15, 0.2) is 0 Å². The minimum Gasteiger partial charge on any atom is -0.494 e. The number of amides is 1. The molecule has 0 saturated carbocycles. The lowest BCUT2D eigenvalue weighted by Gasteiger charge is -2.35. The third kappa shape index (κ3) is 4.23. The molecule has 22 heavy (non-hydrogen) atoms. The van der Waals surface area contributed by atoms with Crippen molar-refractivity contribution < 1.29 is 19.4 Å². The van der Waals surface area contributed by atoms with E-state index in [9.17, 15) is 9.59 Å². The van der Waals surface area contributed by atoms with Gasteiger partial charge in [0.2, 0.25) is 0 Å². The number of rotatable bonds is 6. The first-order chi connectivity index (χ1) is 10.6. The fourth-order valence-corrected chi connectivity index (χ4v) is 2.88. The van der Waals surface area contributed by atoms with E-state index >= 15 is 0 Å². The monoisotopic (exact) mass is 305 g/mol. The second kappa shape index (κ2) is 7.82. The number of ether oxygens (including phenoxy) is 1. The third-order valence-corrected chi connectivity index (χ3v) is 3.99. The summed E-state index contributed by atoms with van der Waals surface area (Å²) < 4.78 is 5.38. The highest BCUT2D eigenvalue weighted by molar-refractivity contribution is 5.94. The first-order valence-corrected chi connectivity index (χ1v) is 7.87. The minimum atomic E-state index is -0.806. The predicted octanol–water partition coefficient (Wildman–Crippen LogP) is 2.94. The minimum absolute atomic E-state index is 0.0156. The first kappa shape index (κ1) is 16.3. The van der Waals surface area contributed by atoms with Crippen molar-refractivity contribution in [1.29, 1.82) is 0 Å². The zero-order valence-corrected chi connectivity index (χ0v) is 13.0. The molecule has 2 rings (SSSR count). The van der Waals surface area contributed by atoms with Crippen molar-refractivity contribution in [3.8, 4) is 5.75 Å². The summed E-state index contributed by atoms with van der Waals surface area (Å²) in [5, 5.41) is 8.85. The van der Waals surface area contributed by atoms with Crippen molar-refractivity contribution in [2.45, 2.75) is 45.1 Å². The van der Waals surface area contributed by atoms with Crippen LogP contribution >= 0.6 is 0 Å². The third-order valence-electron chi connectivity index (χ3n) is 3.99. The van der Waals surface area contributed by atoms with Gasteiger partial charge < -0.3 is 14.7 Å². The lowest BCUT2D eigenvalue weighted by molar-refractivity contribution is -0.137. The fourth-order valence-electron chi connectivity index (χ4n) is 2.88. The molecular formula is C17H23NO4. The average molecular weight is 305 g/mol. The maximum Gasteiger partial charge on any atom is 0.303 e. The Morgan fingerprint density at radius 2 is 2.00 bits per heavy atom. The molecule has 5 heteroatoms. The molecule has 1 heterocycles. The van der Waals surface area contributed by atoms with Crippen LogP contribution in [0, 0.1) is 0 Å². The number of carbonyl (C=O) groups excluding carboxylic acids is 1. The Morgan fingerprint density at radius 1 is 1.27 bits per heavy atom. The molecule has 1 aromatic carbocycles. The van der Waals surface area contributed by atoms with Gasteiger partial charge in [0.1, 0.15) is 5.75 Å². The number of carboxylic acid groups (broad SMARTS) is 1. The molecule has 0 bridgehead atoms. The van der Waals surface area contributed by atoms with E-state index in [1.807, 2.05) is 11.8 Å². The SMILES string of the molecule is CCOc1ccc(C(=O)N2CCCC[C@H]2CCC(=O)O)cc1. The summed E-state index contributed by atoms with van der Waals surface area (Å²) in [5.41, 5.74) is 0.630. The molecule has 0 aromatic heterocycles. The molecule has 1 aromatic rings. The fraction of sp³-hybridized carbons (Fsp3) is 0.529. The maximum atomic E-state index is 12.7. The van der Waals surface area contributed by atoms with E-state index in [-0.39, 0.29) is 18.4 Å². The summed E-state index contributed by atoms with van der Waals surface area (Å²) in [6.45, 7) is 3.22. The van der Waals surface area contributed by atoms with Gasteiger partial charge in [-0.3, -0.25) is 9.59 Å². The van der Waals surface area contributed by atoms with Crippen LogP contribution in [-0.2, 0) is 4.79 Å². The van der Waals surface area contributed by atoms with E-state index in [1.165, 1.54) is 0 Å². The number of aliphatic carboxylic acids is 1. The maximum absolute atomic E-state index is 12.7. The van der Waals surface area contributed by atoms with Gasteiger partial charge in [-0.2, -0.15) is 0 Å². The molecule has 1 atom stereocenters. The van der Waals surface area contributed by atoms with Crippen LogP contribution in [-0.4, -0.2) is 41.1 Å². The van der Waals surface area contributed by atoms with Crippen LogP contribution in [0.2, 0.25) is 0 Å². The average Bonchev–Trinajstić information content (AvgIpc) is 2.53. The van der Waals surface area contributed by atoms with Crippen molar-refractivity contribution in [2.24, 2.45) is 0 Å². The van der Waals surface area contributed by atoms with E-state index in [1.54, 1.807) is 24.3 Å². The van der Waals surface area contributed by atoms with Crippen molar-refractivity contribution >= 4 is 11.9 Å². The standard InChI is InChI=1S/C17H23NO4/c1-2-22-15-9-6-13(7-10-15)17(21)18-12-4-3-5-14(18)8-11-16(19)20/h6-7,9-10,14H,2-5,8,11-12H2,1H3,(H,19,20)/t14-/m0/s1. The van der Waals surface area contributed by atoms with E-state index < -0.39 is 5.97 Å². The van der Waals surface area contributed by atoms with Gasteiger partial charge in [-0.1, -0.05) is 0 Å².